The van der Waals surface area contributed by atoms with E-state index in [1.54, 1.807) is 25.3 Å². The van der Waals surface area contributed by atoms with Gasteiger partial charge in [-0.05, 0) is 29.7 Å². The Hall–Kier alpha value is -1.39. The molecule has 0 amide bonds. The predicted molar refractivity (Wildman–Crippen MR) is 66.4 cm³/mol. The summed E-state index contributed by atoms with van der Waals surface area (Å²) in [5.74, 6) is 0.897. The van der Waals surface area contributed by atoms with E-state index >= 15 is 0 Å². The molecule has 0 radical (unpaired) electrons. The molecule has 1 aromatic carbocycles. The maximum absolute atomic E-state index is 12.3. The SMILES string of the molecule is COc1ccc(N(C)CC(F)(F)F)cc1C(C)C. The summed E-state index contributed by atoms with van der Waals surface area (Å²) in [6.45, 7) is 2.99. The largest absolute Gasteiger partial charge is 0.496 e. The van der Waals surface area contributed by atoms with Crippen molar-refractivity contribution in [2.75, 3.05) is 25.6 Å². The highest BCUT2D eigenvalue weighted by Gasteiger charge is 2.29. The molecule has 2 nitrogen and oxygen atoms in total. The fraction of sp³-hybridized carbons (Fsp3) is 0.538. The molecule has 5 heteroatoms. The molecule has 0 aliphatic heterocycles. The molecule has 1 rings (SSSR count). The summed E-state index contributed by atoms with van der Waals surface area (Å²) in [4.78, 5) is 1.19. The van der Waals surface area contributed by atoms with Crippen LogP contribution in [0.1, 0.15) is 25.3 Å². The molecule has 0 aliphatic rings. The molecule has 0 aromatic heterocycles. The minimum atomic E-state index is -4.20. The average Bonchev–Trinajstić information content (AvgIpc) is 2.25. The minimum Gasteiger partial charge on any atom is -0.496 e. The van der Waals surface area contributed by atoms with Gasteiger partial charge >= 0.3 is 6.18 Å². The molecular formula is C13H18F3NO. The number of hydrogen-bond acceptors (Lipinski definition) is 2. The first kappa shape index (κ1) is 14.7. The average molecular weight is 261 g/mol. The molecule has 0 saturated carbocycles. The van der Waals surface area contributed by atoms with Crippen LogP contribution in [-0.2, 0) is 0 Å². The minimum absolute atomic E-state index is 0.194. The van der Waals surface area contributed by atoms with E-state index in [0.717, 1.165) is 5.56 Å². The fourth-order valence-electron chi connectivity index (χ4n) is 1.77. The van der Waals surface area contributed by atoms with Crippen LogP contribution in [0.15, 0.2) is 18.2 Å². The van der Waals surface area contributed by atoms with Gasteiger partial charge in [0.2, 0.25) is 0 Å². The third kappa shape index (κ3) is 3.82. The Kier molecular flexibility index (Phi) is 4.48. The van der Waals surface area contributed by atoms with Crippen LogP contribution in [0.4, 0.5) is 18.9 Å². The van der Waals surface area contributed by atoms with Gasteiger partial charge in [0, 0.05) is 12.7 Å². The van der Waals surface area contributed by atoms with Gasteiger partial charge in [-0.25, -0.2) is 0 Å². The van der Waals surface area contributed by atoms with Gasteiger partial charge < -0.3 is 9.64 Å². The van der Waals surface area contributed by atoms with Crippen molar-refractivity contribution >= 4 is 5.69 Å². The first-order valence-corrected chi connectivity index (χ1v) is 5.70. The molecule has 1 aromatic rings. The van der Waals surface area contributed by atoms with Crippen LogP contribution < -0.4 is 9.64 Å². The standard InChI is InChI=1S/C13H18F3NO/c1-9(2)11-7-10(5-6-12(11)18-4)17(3)8-13(14,15)16/h5-7,9H,8H2,1-4H3. The number of hydrogen-bond donors (Lipinski definition) is 0. The van der Waals surface area contributed by atoms with Crippen molar-refractivity contribution in [2.45, 2.75) is 25.9 Å². The molecule has 0 heterocycles. The van der Waals surface area contributed by atoms with Crippen LogP contribution in [0.25, 0.3) is 0 Å². The lowest BCUT2D eigenvalue weighted by atomic mass is 10.0. The second-order valence-electron chi connectivity index (χ2n) is 4.55. The number of ether oxygens (including phenoxy) is 1. The van der Waals surface area contributed by atoms with E-state index in [4.69, 9.17) is 4.74 Å². The zero-order valence-electron chi connectivity index (χ0n) is 11.0. The third-order valence-corrected chi connectivity index (χ3v) is 2.69. The number of nitrogens with zero attached hydrogens (tertiary/aromatic N) is 1. The van der Waals surface area contributed by atoms with E-state index in [-0.39, 0.29) is 5.92 Å². The Morgan fingerprint density at radius 1 is 1.28 bits per heavy atom. The second kappa shape index (κ2) is 5.50. The van der Waals surface area contributed by atoms with Crippen LogP contribution in [0.3, 0.4) is 0 Å². The monoisotopic (exact) mass is 261 g/mol. The Bertz CT molecular complexity index is 402. The van der Waals surface area contributed by atoms with Gasteiger partial charge in [0.15, 0.2) is 0 Å². The number of alkyl halides is 3. The lowest BCUT2D eigenvalue weighted by Crippen LogP contribution is -2.30. The van der Waals surface area contributed by atoms with Crippen LogP contribution in [0.5, 0.6) is 5.75 Å². The maximum atomic E-state index is 12.3. The predicted octanol–water partition coefficient (Wildman–Crippen LogP) is 3.82. The molecule has 0 bridgehead atoms. The van der Waals surface area contributed by atoms with Crippen molar-refractivity contribution in [3.63, 3.8) is 0 Å². The highest BCUT2D eigenvalue weighted by molar-refractivity contribution is 5.53. The summed E-state index contributed by atoms with van der Waals surface area (Å²) < 4.78 is 42.2. The molecular weight excluding hydrogens is 243 g/mol. The number of benzene rings is 1. The van der Waals surface area contributed by atoms with Crippen molar-refractivity contribution in [1.29, 1.82) is 0 Å². The van der Waals surface area contributed by atoms with Crippen LogP contribution >= 0.6 is 0 Å². The Morgan fingerprint density at radius 3 is 2.33 bits per heavy atom. The molecule has 18 heavy (non-hydrogen) atoms. The summed E-state index contributed by atoms with van der Waals surface area (Å²) in [6, 6.07) is 5.09. The van der Waals surface area contributed by atoms with E-state index in [1.165, 1.54) is 11.9 Å². The zero-order chi connectivity index (χ0) is 13.9. The van der Waals surface area contributed by atoms with E-state index in [9.17, 15) is 13.2 Å². The van der Waals surface area contributed by atoms with Crippen molar-refractivity contribution in [3.8, 4) is 5.75 Å². The summed E-state index contributed by atoms with van der Waals surface area (Å²) in [5, 5.41) is 0. The Labute approximate surface area is 105 Å². The van der Waals surface area contributed by atoms with Crippen molar-refractivity contribution in [2.24, 2.45) is 0 Å². The molecule has 0 saturated heterocycles. The molecule has 102 valence electrons. The van der Waals surface area contributed by atoms with Crippen molar-refractivity contribution < 1.29 is 17.9 Å². The first-order chi connectivity index (χ1) is 8.24. The normalized spacial score (nSPS) is 11.8. The number of rotatable bonds is 4. The molecule has 0 N–H and O–H groups in total. The highest BCUT2D eigenvalue weighted by Crippen LogP contribution is 2.31. The van der Waals surface area contributed by atoms with E-state index in [2.05, 4.69) is 0 Å². The Morgan fingerprint density at radius 2 is 1.89 bits per heavy atom. The van der Waals surface area contributed by atoms with E-state index in [0.29, 0.717) is 11.4 Å². The maximum Gasteiger partial charge on any atom is 0.405 e. The summed E-state index contributed by atoms with van der Waals surface area (Å²) >= 11 is 0. The Balaban J connectivity index is 3.01. The lowest BCUT2D eigenvalue weighted by Gasteiger charge is -2.23. The smallest absolute Gasteiger partial charge is 0.405 e. The quantitative estimate of drug-likeness (QED) is 0.817. The zero-order valence-corrected chi connectivity index (χ0v) is 11.0. The first-order valence-electron chi connectivity index (χ1n) is 5.70. The van der Waals surface area contributed by atoms with Crippen LogP contribution in [-0.4, -0.2) is 26.9 Å². The molecule has 0 atom stereocenters. The van der Waals surface area contributed by atoms with Gasteiger partial charge in [0.25, 0.3) is 0 Å². The van der Waals surface area contributed by atoms with Crippen molar-refractivity contribution in [3.05, 3.63) is 23.8 Å². The lowest BCUT2D eigenvalue weighted by molar-refractivity contribution is -0.119. The summed E-state index contributed by atoms with van der Waals surface area (Å²) in [6.07, 6.45) is -4.20. The summed E-state index contributed by atoms with van der Waals surface area (Å²) in [5.41, 5.74) is 1.45. The van der Waals surface area contributed by atoms with Gasteiger partial charge in [-0.1, -0.05) is 13.8 Å². The van der Waals surface area contributed by atoms with Crippen LogP contribution in [0, 0.1) is 0 Å². The molecule has 0 spiro atoms. The van der Waals surface area contributed by atoms with Gasteiger partial charge in [-0.15, -0.1) is 0 Å². The van der Waals surface area contributed by atoms with Gasteiger partial charge in [0.1, 0.15) is 12.3 Å². The van der Waals surface area contributed by atoms with E-state index < -0.39 is 12.7 Å². The third-order valence-electron chi connectivity index (χ3n) is 2.69. The molecule has 0 aliphatic carbocycles. The fourth-order valence-corrected chi connectivity index (χ4v) is 1.77. The topological polar surface area (TPSA) is 12.5 Å². The number of halogens is 3. The van der Waals surface area contributed by atoms with Crippen LogP contribution in [0.2, 0.25) is 0 Å². The van der Waals surface area contributed by atoms with Gasteiger partial charge in [0.05, 0.1) is 7.11 Å². The van der Waals surface area contributed by atoms with Gasteiger partial charge in [-0.3, -0.25) is 0 Å². The summed E-state index contributed by atoms with van der Waals surface area (Å²) in [7, 11) is 2.99. The van der Waals surface area contributed by atoms with Crippen molar-refractivity contribution in [1.82, 2.24) is 0 Å². The van der Waals surface area contributed by atoms with Gasteiger partial charge in [-0.2, -0.15) is 13.2 Å². The number of anilines is 1. The second-order valence-corrected chi connectivity index (χ2v) is 4.55. The van der Waals surface area contributed by atoms with E-state index in [1.807, 2.05) is 13.8 Å². The molecule has 0 fully saturated rings. The number of methoxy groups -OCH3 is 1. The molecule has 0 unspecified atom stereocenters. The highest BCUT2D eigenvalue weighted by atomic mass is 19.4.